The zero-order chi connectivity index (χ0) is 13.1. The summed E-state index contributed by atoms with van der Waals surface area (Å²) in [5, 5.41) is 5.40. The lowest BCUT2D eigenvalue weighted by molar-refractivity contribution is 0.490. The molecule has 0 aliphatic heterocycles. The normalized spacial score (nSPS) is 16.3. The maximum atomic E-state index is 6.21. The number of pyridine rings is 1. The van der Waals surface area contributed by atoms with E-state index in [2.05, 4.69) is 16.4 Å². The van der Waals surface area contributed by atoms with Crippen LogP contribution in [0.1, 0.15) is 31.2 Å². The molecule has 1 aromatic carbocycles. The van der Waals surface area contributed by atoms with Gasteiger partial charge in [-0.15, -0.1) is 0 Å². The molecule has 2 nitrogen and oxygen atoms in total. The SMILES string of the molecule is Clc1ccc(CNCC2CCCC2)c2ncccc12. The zero-order valence-corrected chi connectivity index (χ0v) is 11.8. The minimum atomic E-state index is 0.780. The van der Waals surface area contributed by atoms with Crippen molar-refractivity contribution in [3.05, 3.63) is 41.0 Å². The van der Waals surface area contributed by atoms with E-state index in [-0.39, 0.29) is 0 Å². The Morgan fingerprint density at radius 1 is 1.21 bits per heavy atom. The second kappa shape index (κ2) is 5.89. The van der Waals surface area contributed by atoms with Gasteiger partial charge in [-0.3, -0.25) is 4.98 Å². The van der Waals surface area contributed by atoms with Gasteiger partial charge in [0.15, 0.2) is 0 Å². The molecule has 1 fully saturated rings. The Morgan fingerprint density at radius 3 is 2.89 bits per heavy atom. The van der Waals surface area contributed by atoms with E-state index in [9.17, 15) is 0 Å². The fourth-order valence-electron chi connectivity index (χ4n) is 2.96. The number of hydrogen-bond donors (Lipinski definition) is 1. The first kappa shape index (κ1) is 12.9. The van der Waals surface area contributed by atoms with Crippen molar-refractivity contribution < 1.29 is 0 Å². The largest absolute Gasteiger partial charge is 0.312 e. The third kappa shape index (κ3) is 2.90. The monoisotopic (exact) mass is 274 g/mol. The lowest BCUT2D eigenvalue weighted by atomic mass is 10.1. The highest BCUT2D eigenvalue weighted by Crippen LogP contribution is 2.26. The van der Waals surface area contributed by atoms with Crippen LogP contribution in [-0.4, -0.2) is 11.5 Å². The predicted octanol–water partition coefficient (Wildman–Crippen LogP) is 4.17. The van der Waals surface area contributed by atoms with Crippen LogP contribution >= 0.6 is 11.6 Å². The molecule has 1 N–H and O–H groups in total. The first-order valence-corrected chi connectivity index (χ1v) is 7.45. The van der Waals surface area contributed by atoms with Crippen LogP contribution in [0.4, 0.5) is 0 Å². The number of fused-ring (bicyclic) bond motifs is 1. The molecule has 0 saturated heterocycles. The third-order valence-electron chi connectivity index (χ3n) is 4.02. The molecular weight excluding hydrogens is 256 g/mol. The Labute approximate surface area is 119 Å². The molecule has 1 saturated carbocycles. The standard InChI is InChI=1S/C16H19ClN2/c17-15-8-7-13(16-14(15)6-3-9-19-16)11-18-10-12-4-1-2-5-12/h3,6-9,12,18H,1-2,4-5,10-11H2. The van der Waals surface area contributed by atoms with Crippen LogP contribution in [-0.2, 0) is 6.54 Å². The quantitative estimate of drug-likeness (QED) is 0.905. The van der Waals surface area contributed by atoms with Crippen molar-refractivity contribution in [1.29, 1.82) is 0 Å². The summed E-state index contributed by atoms with van der Waals surface area (Å²) in [6, 6.07) is 8.02. The summed E-state index contributed by atoms with van der Waals surface area (Å²) < 4.78 is 0. The summed E-state index contributed by atoms with van der Waals surface area (Å²) in [4.78, 5) is 4.47. The van der Waals surface area contributed by atoms with Gasteiger partial charge in [-0.1, -0.05) is 30.5 Å². The van der Waals surface area contributed by atoms with Gasteiger partial charge in [0.1, 0.15) is 0 Å². The first-order valence-electron chi connectivity index (χ1n) is 7.07. The maximum Gasteiger partial charge on any atom is 0.0761 e. The summed E-state index contributed by atoms with van der Waals surface area (Å²) in [6.07, 6.45) is 7.40. The van der Waals surface area contributed by atoms with E-state index < -0.39 is 0 Å². The van der Waals surface area contributed by atoms with E-state index >= 15 is 0 Å². The Hall–Kier alpha value is -1.12. The van der Waals surface area contributed by atoms with E-state index in [1.807, 2.05) is 24.4 Å². The molecule has 1 heterocycles. The second-order valence-corrected chi connectivity index (χ2v) is 5.79. The molecular formula is C16H19ClN2. The van der Waals surface area contributed by atoms with Crippen LogP contribution in [0.25, 0.3) is 10.9 Å². The molecule has 0 bridgehead atoms. The molecule has 19 heavy (non-hydrogen) atoms. The van der Waals surface area contributed by atoms with Crippen LogP contribution in [0, 0.1) is 5.92 Å². The van der Waals surface area contributed by atoms with Crippen LogP contribution < -0.4 is 5.32 Å². The summed E-state index contributed by atoms with van der Waals surface area (Å²) in [7, 11) is 0. The average molecular weight is 275 g/mol. The van der Waals surface area contributed by atoms with Gasteiger partial charge in [-0.05, 0) is 49.1 Å². The van der Waals surface area contributed by atoms with Gasteiger partial charge < -0.3 is 5.32 Å². The fourth-order valence-corrected chi connectivity index (χ4v) is 3.18. The van der Waals surface area contributed by atoms with Crippen LogP contribution in [0.3, 0.4) is 0 Å². The molecule has 0 spiro atoms. The van der Waals surface area contributed by atoms with Crippen molar-refractivity contribution in [2.24, 2.45) is 5.92 Å². The van der Waals surface area contributed by atoms with Gasteiger partial charge in [0.05, 0.1) is 5.52 Å². The Balaban J connectivity index is 1.72. The van der Waals surface area contributed by atoms with Gasteiger partial charge in [0.2, 0.25) is 0 Å². The molecule has 3 rings (SSSR count). The highest BCUT2D eigenvalue weighted by molar-refractivity contribution is 6.35. The zero-order valence-electron chi connectivity index (χ0n) is 11.0. The lowest BCUT2D eigenvalue weighted by Gasteiger charge is -2.12. The predicted molar refractivity (Wildman–Crippen MR) is 80.4 cm³/mol. The highest BCUT2D eigenvalue weighted by atomic mass is 35.5. The van der Waals surface area contributed by atoms with Crippen molar-refractivity contribution in [1.82, 2.24) is 10.3 Å². The molecule has 0 atom stereocenters. The van der Waals surface area contributed by atoms with Gasteiger partial charge in [0, 0.05) is 23.2 Å². The molecule has 100 valence electrons. The number of benzene rings is 1. The average Bonchev–Trinajstić information content (AvgIpc) is 2.95. The number of aromatic nitrogens is 1. The molecule has 0 unspecified atom stereocenters. The lowest BCUT2D eigenvalue weighted by Crippen LogP contribution is -2.20. The van der Waals surface area contributed by atoms with E-state index in [4.69, 9.17) is 11.6 Å². The van der Waals surface area contributed by atoms with Gasteiger partial charge >= 0.3 is 0 Å². The van der Waals surface area contributed by atoms with Crippen LogP contribution in [0.5, 0.6) is 0 Å². The fraction of sp³-hybridized carbons (Fsp3) is 0.438. The Bertz CT molecular complexity index is 562. The molecule has 1 aliphatic carbocycles. The Kier molecular flexibility index (Phi) is 4.00. The maximum absolute atomic E-state index is 6.21. The second-order valence-electron chi connectivity index (χ2n) is 5.39. The number of halogens is 1. The number of rotatable bonds is 4. The molecule has 0 radical (unpaired) electrons. The van der Waals surface area contributed by atoms with E-state index in [0.29, 0.717) is 0 Å². The topological polar surface area (TPSA) is 24.9 Å². The van der Waals surface area contributed by atoms with Crippen LogP contribution in [0.2, 0.25) is 5.02 Å². The van der Waals surface area contributed by atoms with E-state index in [1.165, 1.54) is 31.2 Å². The van der Waals surface area contributed by atoms with Gasteiger partial charge in [-0.25, -0.2) is 0 Å². The van der Waals surface area contributed by atoms with Gasteiger partial charge in [0.25, 0.3) is 0 Å². The van der Waals surface area contributed by atoms with Crippen LogP contribution in [0.15, 0.2) is 30.5 Å². The minimum absolute atomic E-state index is 0.780. The Morgan fingerprint density at radius 2 is 2.05 bits per heavy atom. The summed E-state index contributed by atoms with van der Waals surface area (Å²) in [5.41, 5.74) is 2.26. The number of nitrogens with one attached hydrogen (secondary N) is 1. The molecule has 2 aromatic rings. The first-order chi connectivity index (χ1) is 9.34. The summed E-state index contributed by atoms with van der Waals surface area (Å²) >= 11 is 6.21. The van der Waals surface area contributed by atoms with Crippen molar-refractivity contribution in [2.75, 3.05) is 6.54 Å². The van der Waals surface area contributed by atoms with Gasteiger partial charge in [-0.2, -0.15) is 0 Å². The van der Waals surface area contributed by atoms with E-state index in [1.54, 1.807) is 0 Å². The molecule has 0 amide bonds. The molecule has 1 aromatic heterocycles. The highest BCUT2D eigenvalue weighted by Gasteiger charge is 2.14. The van der Waals surface area contributed by atoms with Crippen molar-refractivity contribution >= 4 is 22.5 Å². The molecule has 3 heteroatoms. The number of hydrogen-bond acceptors (Lipinski definition) is 2. The third-order valence-corrected chi connectivity index (χ3v) is 4.35. The van der Waals surface area contributed by atoms with E-state index in [0.717, 1.165) is 34.9 Å². The van der Waals surface area contributed by atoms with Crippen molar-refractivity contribution in [3.63, 3.8) is 0 Å². The summed E-state index contributed by atoms with van der Waals surface area (Å²) in [6.45, 7) is 2.00. The minimum Gasteiger partial charge on any atom is -0.312 e. The van der Waals surface area contributed by atoms with Crippen molar-refractivity contribution in [2.45, 2.75) is 32.2 Å². The smallest absolute Gasteiger partial charge is 0.0761 e. The summed E-state index contributed by atoms with van der Waals surface area (Å²) in [5.74, 6) is 0.867. The number of nitrogens with zero attached hydrogens (tertiary/aromatic N) is 1. The molecule has 1 aliphatic rings. The van der Waals surface area contributed by atoms with Crippen molar-refractivity contribution in [3.8, 4) is 0 Å².